The Morgan fingerprint density at radius 1 is 0.384 bits per heavy atom. The van der Waals surface area contributed by atoms with Crippen molar-refractivity contribution in [2.24, 2.45) is 0 Å². The molecule has 0 bridgehead atoms. The van der Waals surface area contributed by atoms with E-state index in [0.717, 1.165) is 13.0 Å². The molecule has 17 aromatic rings. The molecule has 4 heteroatoms. The quantitative estimate of drug-likeness (QED) is 0.103. The van der Waals surface area contributed by atoms with Crippen LogP contribution in [-0.4, -0.2) is 12.6 Å². The minimum Gasteiger partial charge on any atom is -0.310 e. The first-order valence-corrected chi connectivity index (χ1v) is 32.4. The fraction of sp³-hybridized carbons (Fsp3) is 0.0526. The predicted octanol–water partition coefficient (Wildman–Crippen LogP) is 22.3. The van der Waals surface area contributed by atoms with Crippen molar-refractivity contribution in [3.63, 3.8) is 0 Å². The maximum atomic E-state index is 10.4. The van der Waals surface area contributed by atoms with Crippen LogP contribution in [0.5, 0.6) is 0 Å². The molecule has 2 aromatic heterocycles. The van der Waals surface area contributed by atoms with Gasteiger partial charge in [-0.05, 0) is 160 Å². The van der Waals surface area contributed by atoms with Gasteiger partial charge in [-0.2, -0.15) is 0 Å². The molecule has 0 N–H and O–H groups in total. The van der Waals surface area contributed by atoms with Crippen molar-refractivity contribution in [1.29, 1.82) is 0 Å². The first kappa shape index (κ1) is 23.5. The number of thiophene rings is 1. The SMILES string of the molecule is [2H]c1c(N(c2c([2H])c([2H])c(-c3c([2H])c([2H])c([2H])c([2H])c3[2H])c([2H])c2[2H])c2c([2H])c([2H])c([2H])c3c2-c2c([2H])c([2H])c([2H])c([2H])c2C32c3c([2H])c([2H])c([2H])c([2H])c3-c3c([2H])c([2H])c([2H])c([2H])c32)cc2c(c1[2H])-c1c([2H])c(C)c([2H])c([2H])c1C2(C)C([2H])([2H])[2H].[2H]c1c([2H])c([2H])c([Si](c2c([2H])c([2H])c([2H])c([2H])c2[2H])(c2c([2H])c([2H])c([2H])c(-n3c4c([2H])c([2H])c([2H])c([2H])c4c4c([2H])c([2H])c([2H])c([2H])c43)c2[2H])c2c([2H])c([2H])c([2H])c3c2sc2c([2H])c([2H])c([2H])c([2H])c23)c([2H])c1[2H]. The van der Waals surface area contributed by atoms with Gasteiger partial charge >= 0.3 is 0 Å². The van der Waals surface area contributed by atoms with Gasteiger partial charge in [-0.25, -0.2) is 0 Å². The summed E-state index contributed by atoms with van der Waals surface area (Å²) in [7, 11) is -6.44. The number of anilines is 3. The van der Waals surface area contributed by atoms with E-state index >= 15 is 0 Å². The van der Waals surface area contributed by atoms with E-state index < -0.39 is 529 Å². The fourth-order valence-corrected chi connectivity index (χ4v) is 18.6. The molecule has 1 atom stereocenters. The first-order valence-electron chi connectivity index (χ1n) is 60.1. The molecule has 0 saturated carbocycles. The highest BCUT2D eigenvalue weighted by Crippen LogP contribution is 2.65. The number of hydrogen-bond donors (Lipinski definition) is 0. The molecule has 1 spiro atoms. The Balaban J connectivity index is 0.000000200. The van der Waals surface area contributed by atoms with E-state index in [1.165, 1.54) is 6.92 Å². The maximum absolute atomic E-state index is 10.4. The van der Waals surface area contributed by atoms with Gasteiger partial charge < -0.3 is 9.47 Å². The van der Waals surface area contributed by atoms with Gasteiger partial charge in [0.25, 0.3) is 0 Å². The van der Waals surface area contributed by atoms with Crippen molar-refractivity contribution in [3.8, 4) is 50.2 Å². The van der Waals surface area contributed by atoms with Crippen molar-refractivity contribution < 1.29 is 83.6 Å². The van der Waals surface area contributed by atoms with E-state index in [2.05, 4.69) is 0 Å². The van der Waals surface area contributed by atoms with Crippen molar-refractivity contribution in [3.05, 3.63) is 395 Å². The smallest absolute Gasteiger partial charge is 0.181 e. The minimum atomic E-state index is -6.44. The van der Waals surface area contributed by atoms with Crippen LogP contribution in [0.15, 0.2) is 357 Å². The lowest BCUT2D eigenvalue weighted by atomic mass is 9.70. The lowest BCUT2D eigenvalue weighted by Crippen LogP contribution is -2.74. The van der Waals surface area contributed by atoms with Crippen LogP contribution in [0.1, 0.15) is 136 Å². The van der Waals surface area contributed by atoms with Gasteiger partial charge in [-0.15, -0.1) is 11.3 Å². The van der Waals surface area contributed by atoms with E-state index in [0.29, 0.717) is 20.8 Å². The molecular formula is C95H68N2SSi. The second-order valence-corrected chi connectivity index (χ2v) is 27.0. The van der Waals surface area contributed by atoms with Gasteiger partial charge in [-0.1, -0.05) is 315 Å². The monoisotopic (exact) mass is 1360 g/mol. The summed E-state index contributed by atoms with van der Waals surface area (Å²) in [6.45, 7) is -0.920. The minimum absolute atomic E-state index is 0.135. The average molecular weight is 1360 g/mol. The topological polar surface area (TPSA) is 8.17 Å². The first-order chi connectivity index (χ1) is 74.2. The maximum Gasteiger partial charge on any atom is 0.181 e. The second kappa shape index (κ2) is 23.0. The largest absolute Gasteiger partial charge is 0.310 e. The Kier molecular flexibility index (Phi) is 5.47. The summed E-state index contributed by atoms with van der Waals surface area (Å²) in [6.07, 6.45) is 0. The van der Waals surface area contributed by atoms with Crippen LogP contribution in [0.25, 0.3) is 92.2 Å². The molecule has 3 aliphatic carbocycles. The Morgan fingerprint density at radius 2 is 0.899 bits per heavy atom. The van der Waals surface area contributed by atoms with Gasteiger partial charge in [0.2, 0.25) is 0 Å². The zero-order valence-corrected chi connectivity index (χ0v) is 52.2. The highest BCUT2D eigenvalue weighted by atomic mass is 32.1. The van der Waals surface area contributed by atoms with Gasteiger partial charge in [0.15, 0.2) is 8.07 Å². The number of nitrogens with zero attached hydrogens (tertiary/aromatic N) is 2. The normalized spacial score (nSPS) is 23.1. The van der Waals surface area contributed by atoms with Crippen molar-refractivity contribution in [1.82, 2.24) is 4.57 Å². The average Bonchev–Trinajstić information content (AvgIpc) is 1.46. The molecule has 0 amide bonds. The number of fused-ring (bicyclic) bond motifs is 19. The summed E-state index contributed by atoms with van der Waals surface area (Å²) in [5.41, 5.74) is -20.9. The third-order valence-corrected chi connectivity index (χ3v) is 22.8. The van der Waals surface area contributed by atoms with E-state index in [1.807, 2.05) is 0 Å². The van der Waals surface area contributed by atoms with Crippen LogP contribution in [0.3, 0.4) is 0 Å². The zero-order valence-electron chi connectivity index (χ0n) is 111. The highest BCUT2D eigenvalue weighted by Gasteiger charge is 2.53. The Labute approximate surface area is 669 Å². The van der Waals surface area contributed by atoms with Gasteiger partial charge in [-0.3, -0.25) is 0 Å². The van der Waals surface area contributed by atoms with E-state index in [9.17, 15) is 41.1 Å². The van der Waals surface area contributed by atoms with Crippen LogP contribution in [0.4, 0.5) is 17.1 Å². The number of para-hydroxylation sites is 2. The Morgan fingerprint density at radius 3 is 1.58 bits per heavy atom. The third-order valence-electron chi connectivity index (χ3n) is 17.4. The molecule has 0 aliphatic heterocycles. The van der Waals surface area contributed by atoms with Crippen LogP contribution in [-0.2, 0) is 10.8 Å². The standard InChI is InChI=1S/C53H39N.C42H29NSSi/c1-34-24-31-44-43(32-34)41-30-29-38(33-49(41)52(44,2)3)54(37-27-25-36(26-28-37)35-14-5-4-6-15-35)50-23-13-22-48-51(50)42-18-9-12-21-47(42)53(48)45-19-10-7-16-39(45)40-17-8-11-20-46(40)53;1-3-16-31(17-4-1)45(32-18-5-2-6-19-32,41-28-14-24-37-36-23-9-12-27-40(36)44-42(37)41)33-20-13-15-30(29-33)43-38-25-10-7-21-34(38)35-22-8-11-26-39(35)43/h4-33H,1-3H3;1-29H/i2D3,4D,5D,6D,7D,8D,9D,10D,11D,12D,13D,14D,15D,16D,17D,18D,19D,20D,21D,22D,23D,24D,25D,26D,27D,28D,29D,30D,31D,32D;1D,2D,3D,4D,5D,6D,7D,8D,9D,10D,11D,12D,13D,14D,15D,16D,17D,18D,19D,20D,21D,22D,23D,24D,25D,26D,27D,28D,29D. The summed E-state index contributed by atoms with van der Waals surface area (Å²) in [5, 5.41) is -6.42. The number of benzene rings is 15. The number of rotatable bonds is 9. The van der Waals surface area contributed by atoms with Crippen LogP contribution < -0.4 is 25.6 Å². The zero-order chi connectivity index (χ0) is 119. The lowest BCUT2D eigenvalue weighted by molar-refractivity contribution is 0.660. The predicted molar refractivity (Wildman–Crippen MR) is 422 cm³/mol. The lowest BCUT2D eigenvalue weighted by Gasteiger charge is -2.35. The second-order valence-electron chi connectivity index (χ2n) is 22.5. The molecule has 20 rings (SSSR count). The van der Waals surface area contributed by atoms with Crippen molar-refractivity contribution >= 4 is 99.2 Å². The third kappa shape index (κ3) is 8.79. The van der Waals surface area contributed by atoms with E-state index in [1.54, 1.807) is 0 Å². The number of aromatic nitrogens is 1. The van der Waals surface area contributed by atoms with Gasteiger partial charge in [0.1, 0.15) is 0 Å². The van der Waals surface area contributed by atoms with E-state index in [4.69, 9.17) is 42.5 Å². The molecule has 1 unspecified atom stereocenters. The van der Waals surface area contributed by atoms with Crippen molar-refractivity contribution in [2.45, 2.75) is 31.5 Å². The molecule has 2 heterocycles. The van der Waals surface area contributed by atoms with E-state index in [-0.39, 0.29) is 15.8 Å². The molecule has 0 radical (unpaired) electrons. The molecule has 15 aromatic carbocycles. The Bertz CT molecular complexity index is 9520. The molecule has 3 aliphatic rings. The van der Waals surface area contributed by atoms with Gasteiger partial charge in [0, 0.05) is 63.1 Å². The van der Waals surface area contributed by atoms with Crippen LogP contribution in [0.2, 0.25) is 0 Å². The summed E-state index contributed by atoms with van der Waals surface area (Å²) in [5.74, 6) is 0. The molecule has 0 saturated heterocycles. The van der Waals surface area contributed by atoms with Gasteiger partial charge in [0.05, 0.1) is 102 Å². The summed E-state index contributed by atoms with van der Waals surface area (Å²) < 4.78 is 563. The molecule has 99 heavy (non-hydrogen) atoms. The molecule has 2 nitrogen and oxygen atoms in total. The summed E-state index contributed by atoms with van der Waals surface area (Å²) >= 11 is 0.398. The Hall–Kier alpha value is -11.7. The molecule has 468 valence electrons. The highest BCUT2D eigenvalue weighted by molar-refractivity contribution is 7.30. The summed E-state index contributed by atoms with van der Waals surface area (Å²) in [6, 6.07) is -59.2. The van der Waals surface area contributed by atoms with Crippen LogP contribution in [0, 0.1) is 6.92 Å². The van der Waals surface area contributed by atoms with Crippen molar-refractivity contribution in [2.75, 3.05) is 4.90 Å². The van der Waals surface area contributed by atoms with Crippen LogP contribution >= 0.6 is 11.3 Å². The molecule has 0 fully saturated rings. The molecular weight excluding hydrogens is 1230 g/mol. The summed E-state index contributed by atoms with van der Waals surface area (Å²) in [4.78, 5) is 0.528. The fourth-order valence-electron chi connectivity index (χ4n) is 13.3. The number of hydrogen-bond acceptors (Lipinski definition) is 2.